The zero-order valence-corrected chi connectivity index (χ0v) is 5.88. The third-order valence-electron chi connectivity index (χ3n) is 1.40. The maximum atomic E-state index is 4.06. The fraction of sp³-hybridized carbons (Fsp3) is 0.333. The molecule has 0 saturated carbocycles. The van der Waals surface area contributed by atoms with Crippen LogP contribution in [0.2, 0.25) is 0 Å². The summed E-state index contributed by atoms with van der Waals surface area (Å²) in [5.74, 6) is 0.619. The quantitative estimate of drug-likeness (QED) is 0.567. The molecule has 0 unspecified atom stereocenters. The highest BCUT2D eigenvalue weighted by molar-refractivity contribution is 5.63. The van der Waals surface area contributed by atoms with Crippen LogP contribution in [0.3, 0.4) is 0 Å². The Kier molecular flexibility index (Phi) is 1.47. The fourth-order valence-electron chi connectivity index (χ4n) is 0.912. The lowest BCUT2D eigenvalue weighted by Crippen LogP contribution is -2.14. The first-order chi connectivity index (χ1) is 5.47. The third-order valence-corrected chi connectivity index (χ3v) is 1.40. The zero-order chi connectivity index (χ0) is 7.52. The van der Waals surface area contributed by atoms with Crippen LogP contribution in [0, 0.1) is 0 Å². The van der Waals surface area contributed by atoms with Crippen LogP contribution >= 0.6 is 0 Å². The second-order valence-corrected chi connectivity index (χ2v) is 2.15. The molecule has 11 heavy (non-hydrogen) atoms. The minimum absolute atomic E-state index is 0.619. The first kappa shape index (κ1) is 6.21. The van der Waals surface area contributed by atoms with Crippen LogP contribution in [-0.4, -0.2) is 27.7 Å². The van der Waals surface area contributed by atoms with Gasteiger partial charge in [-0.15, -0.1) is 0 Å². The van der Waals surface area contributed by atoms with Crippen molar-refractivity contribution in [1.29, 1.82) is 0 Å². The summed E-state index contributed by atoms with van der Waals surface area (Å²) < 4.78 is 0. The van der Waals surface area contributed by atoms with Crippen LogP contribution in [0.15, 0.2) is 17.8 Å². The molecule has 0 N–H and O–H groups in total. The number of nitrogens with zero attached hydrogens (tertiary/aromatic N) is 5. The molecule has 1 aliphatic heterocycles. The lowest BCUT2D eigenvalue weighted by molar-refractivity contribution is 0.849. The van der Waals surface area contributed by atoms with E-state index in [-0.39, 0.29) is 0 Å². The molecule has 0 atom stereocenters. The standard InChI is InChI=1S/C6H7N5/c1-2-10-11(3-1)6-8-4-7-5-9-6/h2,4-5H,1,3H2. The van der Waals surface area contributed by atoms with Gasteiger partial charge in [0.25, 0.3) is 0 Å². The van der Waals surface area contributed by atoms with Gasteiger partial charge in [0.15, 0.2) is 0 Å². The van der Waals surface area contributed by atoms with Crippen molar-refractivity contribution in [1.82, 2.24) is 15.0 Å². The number of anilines is 1. The molecule has 2 rings (SSSR count). The van der Waals surface area contributed by atoms with E-state index in [4.69, 9.17) is 0 Å². The van der Waals surface area contributed by atoms with E-state index >= 15 is 0 Å². The van der Waals surface area contributed by atoms with E-state index in [2.05, 4.69) is 20.1 Å². The summed E-state index contributed by atoms with van der Waals surface area (Å²) in [5.41, 5.74) is 0. The van der Waals surface area contributed by atoms with Gasteiger partial charge < -0.3 is 0 Å². The van der Waals surface area contributed by atoms with Gasteiger partial charge in [0, 0.05) is 19.2 Å². The molecule has 0 aliphatic carbocycles. The van der Waals surface area contributed by atoms with Crippen LogP contribution in [0.4, 0.5) is 5.95 Å². The van der Waals surface area contributed by atoms with E-state index < -0.39 is 0 Å². The maximum absolute atomic E-state index is 4.06. The number of rotatable bonds is 1. The van der Waals surface area contributed by atoms with E-state index in [0.29, 0.717) is 5.95 Å². The molecule has 0 amide bonds. The van der Waals surface area contributed by atoms with Crippen molar-refractivity contribution in [2.45, 2.75) is 6.42 Å². The Morgan fingerprint density at radius 3 is 2.73 bits per heavy atom. The molecule has 0 fully saturated rings. The number of aromatic nitrogens is 3. The van der Waals surface area contributed by atoms with E-state index in [1.807, 2.05) is 6.21 Å². The van der Waals surface area contributed by atoms with Crippen molar-refractivity contribution in [2.75, 3.05) is 11.6 Å². The lowest BCUT2D eigenvalue weighted by Gasteiger charge is -2.08. The van der Waals surface area contributed by atoms with E-state index in [1.54, 1.807) is 5.01 Å². The SMILES string of the molecule is C1=NN(c2ncncn2)CC1. The lowest BCUT2D eigenvalue weighted by atomic mass is 10.5. The topological polar surface area (TPSA) is 54.3 Å². The van der Waals surface area contributed by atoms with Gasteiger partial charge in [0.2, 0.25) is 5.95 Å². The zero-order valence-electron chi connectivity index (χ0n) is 5.88. The highest BCUT2D eigenvalue weighted by Crippen LogP contribution is 2.08. The Morgan fingerprint density at radius 1 is 1.27 bits per heavy atom. The molecule has 0 radical (unpaired) electrons. The number of hydrogen-bond donors (Lipinski definition) is 0. The molecular formula is C6H7N5. The molecule has 0 aromatic carbocycles. The molecule has 0 saturated heterocycles. The average molecular weight is 149 g/mol. The predicted molar refractivity (Wildman–Crippen MR) is 40.3 cm³/mol. The molecule has 5 nitrogen and oxygen atoms in total. The van der Waals surface area contributed by atoms with Crippen molar-refractivity contribution in [3.8, 4) is 0 Å². The van der Waals surface area contributed by atoms with Gasteiger partial charge in [-0.05, 0) is 0 Å². The molecule has 2 heterocycles. The van der Waals surface area contributed by atoms with E-state index in [1.165, 1.54) is 12.7 Å². The Balaban J connectivity index is 2.23. The summed E-state index contributed by atoms with van der Waals surface area (Å²) in [7, 11) is 0. The van der Waals surface area contributed by atoms with Crippen LogP contribution in [-0.2, 0) is 0 Å². The van der Waals surface area contributed by atoms with Gasteiger partial charge in [0.05, 0.1) is 0 Å². The minimum Gasteiger partial charge on any atom is -0.232 e. The van der Waals surface area contributed by atoms with Crippen LogP contribution in [0.5, 0.6) is 0 Å². The van der Waals surface area contributed by atoms with Crippen molar-refractivity contribution in [2.24, 2.45) is 5.10 Å². The second kappa shape index (κ2) is 2.61. The Hall–Kier alpha value is -1.52. The highest BCUT2D eigenvalue weighted by Gasteiger charge is 2.09. The molecule has 1 aliphatic rings. The van der Waals surface area contributed by atoms with Crippen molar-refractivity contribution in [3.05, 3.63) is 12.7 Å². The Morgan fingerprint density at radius 2 is 2.09 bits per heavy atom. The normalized spacial score (nSPS) is 15.8. The molecule has 1 aromatic rings. The second-order valence-electron chi connectivity index (χ2n) is 2.15. The summed E-state index contributed by atoms with van der Waals surface area (Å²) >= 11 is 0. The van der Waals surface area contributed by atoms with Gasteiger partial charge in [-0.2, -0.15) is 15.1 Å². The molecule has 1 aromatic heterocycles. The molecule has 0 bridgehead atoms. The molecule has 5 heteroatoms. The summed E-state index contributed by atoms with van der Waals surface area (Å²) in [6, 6.07) is 0. The minimum atomic E-state index is 0.619. The largest absolute Gasteiger partial charge is 0.249 e. The Labute approximate surface area is 63.8 Å². The van der Waals surface area contributed by atoms with Crippen LogP contribution in [0.25, 0.3) is 0 Å². The van der Waals surface area contributed by atoms with Gasteiger partial charge in [0.1, 0.15) is 12.7 Å². The van der Waals surface area contributed by atoms with Crippen LogP contribution < -0.4 is 5.01 Å². The average Bonchev–Trinajstić information content (AvgIpc) is 2.58. The fourth-order valence-corrected chi connectivity index (χ4v) is 0.912. The van der Waals surface area contributed by atoms with E-state index in [0.717, 1.165) is 13.0 Å². The van der Waals surface area contributed by atoms with Crippen molar-refractivity contribution >= 4 is 12.2 Å². The highest BCUT2D eigenvalue weighted by atomic mass is 15.5. The summed E-state index contributed by atoms with van der Waals surface area (Å²) in [4.78, 5) is 11.6. The van der Waals surface area contributed by atoms with Crippen molar-refractivity contribution in [3.63, 3.8) is 0 Å². The molecular weight excluding hydrogens is 142 g/mol. The summed E-state index contributed by atoms with van der Waals surface area (Å²) in [5, 5.41) is 5.81. The van der Waals surface area contributed by atoms with Gasteiger partial charge >= 0.3 is 0 Å². The predicted octanol–water partition coefficient (Wildman–Crippen LogP) is 0.0675. The number of hydrogen-bond acceptors (Lipinski definition) is 5. The summed E-state index contributed by atoms with van der Waals surface area (Å²) in [6.07, 6.45) is 5.75. The van der Waals surface area contributed by atoms with Gasteiger partial charge in [-0.3, -0.25) is 0 Å². The van der Waals surface area contributed by atoms with Gasteiger partial charge in [-0.25, -0.2) is 9.99 Å². The monoisotopic (exact) mass is 149 g/mol. The molecule has 0 spiro atoms. The van der Waals surface area contributed by atoms with E-state index in [9.17, 15) is 0 Å². The molecule has 56 valence electrons. The van der Waals surface area contributed by atoms with Crippen molar-refractivity contribution < 1.29 is 0 Å². The van der Waals surface area contributed by atoms with Gasteiger partial charge in [-0.1, -0.05) is 0 Å². The third kappa shape index (κ3) is 1.17. The first-order valence-electron chi connectivity index (χ1n) is 3.39. The first-order valence-corrected chi connectivity index (χ1v) is 3.39. The Bertz CT molecular complexity index is 257. The maximum Gasteiger partial charge on any atom is 0.249 e. The smallest absolute Gasteiger partial charge is 0.232 e. The summed E-state index contributed by atoms with van der Waals surface area (Å²) in [6.45, 7) is 0.865. The number of hydrazone groups is 1. The van der Waals surface area contributed by atoms with Crippen LogP contribution in [0.1, 0.15) is 6.42 Å².